The summed E-state index contributed by atoms with van der Waals surface area (Å²) in [6.45, 7) is 2.26. The van der Waals surface area contributed by atoms with E-state index in [-0.39, 0.29) is 24.4 Å². The van der Waals surface area contributed by atoms with Crippen LogP contribution >= 0.6 is 0 Å². The van der Waals surface area contributed by atoms with Crippen LogP contribution in [-0.2, 0) is 0 Å². The van der Waals surface area contributed by atoms with Crippen LogP contribution in [-0.4, -0.2) is 75.3 Å². The molecule has 1 saturated heterocycles. The molecular formula is C14H23N5O2. The quantitative estimate of drug-likeness (QED) is 0.810. The minimum Gasteiger partial charge on any atom is -0.395 e. The molecule has 116 valence electrons. The predicted molar refractivity (Wildman–Crippen MR) is 77.0 cm³/mol. The summed E-state index contributed by atoms with van der Waals surface area (Å²) in [7, 11) is 2.09. The van der Waals surface area contributed by atoms with Crippen LogP contribution in [0.25, 0.3) is 0 Å². The summed E-state index contributed by atoms with van der Waals surface area (Å²) in [5, 5.41) is 16.2. The molecule has 0 spiro atoms. The van der Waals surface area contributed by atoms with E-state index in [4.69, 9.17) is 0 Å². The normalized spacial score (nSPS) is 20.7. The molecule has 3 rings (SSSR count). The topological polar surface area (TPSA) is 85.4 Å². The zero-order chi connectivity index (χ0) is 14.8. The van der Waals surface area contributed by atoms with Gasteiger partial charge in [0.25, 0.3) is 5.91 Å². The van der Waals surface area contributed by atoms with Crippen molar-refractivity contribution in [1.29, 1.82) is 0 Å². The van der Waals surface area contributed by atoms with Crippen LogP contribution in [0.4, 0.5) is 0 Å². The molecule has 0 bridgehead atoms. The van der Waals surface area contributed by atoms with Crippen LogP contribution in [0.1, 0.15) is 48.0 Å². The first-order valence-electron chi connectivity index (χ1n) is 7.71. The lowest BCUT2D eigenvalue weighted by molar-refractivity contribution is 0.0528. The van der Waals surface area contributed by atoms with Gasteiger partial charge in [0.05, 0.1) is 6.61 Å². The number of amides is 1. The van der Waals surface area contributed by atoms with E-state index in [0.717, 1.165) is 44.6 Å². The van der Waals surface area contributed by atoms with Crippen molar-refractivity contribution in [3.05, 3.63) is 11.6 Å². The van der Waals surface area contributed by atoms with Crippen molar-refractivity contribution >= 4 is 5.91 Å². The maximum atomic E-state index is 12.6. The van der Waals surface area contributed by atoms with E-state index in [2.05, 4.69) is 27.1 Å². The van der Waals surface area contributed by atoms with E-state index in [1.54, 1.807) is 4.90 Å². The monoisotopic (exact) mass is 293 g/mol. The molecule has 21 heavy (non-hydrogen) atoms. The summed E-state index contributed by atoms with van der Waals surface area (Å²) in [4.78, 5) is 21.0. The second-order valence-electron chi connectivity index (χ2n) is 6.08. The third-order valence-electron chi connectivity index (χ3n) is 4.39. The highest BCUT2D eigenvalue weighted by molar-refractivity contribution is 5.90. The molecule has 1 aliphatic heterocycles. The average molecular weight is 293 g/mol. The van der Waals surface area contributed by atoms with Crippen molar-refractivity contribution in [1.82, 2.24) is 25.0 Å². The molecular weight excluding hydrogens is 270 g/mol. The van der Waals surface area contributed by atoms with Gasteiger partial charge in [-0.15, -0.1) is 5.10 Å². The molecule has 2 N–H and O–H groups in total. The number of H-pyrrole nitrogens is 1. The Morgan fingerprint density at radius 1 is 1.38 bits per heavy atom. The Morgan fingerprint density at radius 2 is 2.10 bits per heavy atom. The van der Waals surface area contributed by atoms with Crippen molar-refractivity contribution < 1.29 is 9.90 Å². The van der Waals surface area contributed by atoms with E-state index in [0.29, 0.717) is 12.5 Å². The fraction of sp³-hybridized carbons (Fsp3) is 0.786. The second kappa shape index (κ2) is 6.11. The minimum absolute atomic E-state index is 0.0298. The number of aliphatic hydroxyl groups excluding tert-OH is 1. The van der Waals surface area contributed by atoms with Gasteiger partial charge in [-0.1, -0.05) is 0 Å². The highest BCUT2D eigenvalue weighted by Crippen LogP contribution is 2.37. The molecule has 0 aromatic carbocycles. The molecule has 7 heteroatoms. The number of nitrogens with one attached hydrogen (secondary N) is 1. The Morgan fingerprint density at radius 3 is 2.71 bits per heavy atom. The van der Waals surface area contributed by atoms with Gasteiger partial charge in [-0.05, 0) is 45.8 Å². The summed E-state index contributed by atoms with van der Waals surface area (Å²) in [6.07, 6.45) is 4.11. The number of aromatic nitrogens is 3. The molecule has 2 fully saturated rings. The maximum absolute atomic E-state index is 12.6. The van der Waals surface area contributed by atoms with Gasteiger partial charge in [-0.25, -0.2) is 4.98 Å². The molecule has 0 radical (unpaired) electrons. The standard InChI is InChI=1S/C14H23N5O2/c1-18-6-4-11(5-7-18)19(8-9-20)14(21)13-15-12(16-17-13)10-2-3-10/h10-11,20H,2-9H2,1H3,(H,15,16,17). The number of carbonyl (C=O) groups excluding carboxylic acids is 1. The fourth-order valence-corrected chi connectivity index (χ4v) is 2.90. The summed E-state index contributed by atoms with van der Waals surface area (Å²) in [6, 6.07) is 0.170. The maximum Gasteiger partial charge on any atom is 0.293 e. The molecule has 1 aliphatic carbocycles. The average Bonchev–Trinajstić information content (AvgIpc) is 3.23. The first-order valence-corrected chi connectivity index (χ1v) is 7.71. The molecule has 0 atom stereocenters. The first-order chi connectivity index (χ1) is 10.2. The number of piperidine rings is 1. The lowest BCUT2D eigenvalue weighted by Gasteiger charge is -2.36. The second-order valence-corrected chi connectivity index (χ2v) is 6.08. The number of rotatable bonds is 5. The molecule has 0 unspecified atom stereocenters. The molecule has 1 aromatic heterocycles. The van der Waals surface area contributed by atoms with Gasteiger partial charge < -0.3 is 14.9 Å². The minimum atomic E-state index is -0.165. The first kappa shape index (κ1) is 14.5. The van der Waals surface area contributed by atoms with Gasteiger partial charge in [0.1, 0.15) is 5.82 Å². The number of likely N-dealkylation sites (tertiary alicyclic amines) is 1. The van der Waals surface area contributed by atoms with Crippen LogP contribution in [0.2, 0.25) is 0 Å². The number of aliphatic hydroxyl groups is 1. The van der Waals surface area contributed by atoms with Gasteiger partial charge >= 0.3 is 0 Å². The molecule has 7 nitrogen and oxygen atoms in total. The van der Waals surface area contributed by atoms with Crippen LogP contribution in [0.3, 0.4) is 0 Å². The number of hydrogen-bond acceptors (Lipinski definition) is 5. The Labute approximate surface area is 124 Å². The van der Waals surface area contributed by atoms with E-state index in [1.165, 1.54) is 0 Å². The zero-order valence-electron chi connectivity index (χ0n) is 12.5. The Hall–Kier alpha value is -1.47. The summed E-state index contributed by atoms with van der Waals surface area (Å²) in [5.41, 5.74) is 0. The van der Waals surface area contributed by atoms with Gasteiger partial charge in [0.15, 0.2) is 0 Å². The third kappa shape index (κ3) is 3.24. The Bertz CT molecular complexity index is 491. The largest absolute Gasteiger partial charge is 0.395 e. The molecule has 2 heterocycles. The molecule has 1 aromatic rings. The van der Waals surface area contributed by atoms with Crippen LogP contribution in [0.5, 0.6) is 0 Å². The van der Waals surface area contributed by atoms with Gasteiger partial charge in [0.2, 0.25) is 5.82 Å². The third-order valence-corrected chi connectivity index (χ3v) is 4.39. The van der Waals surface area contributed by atoms with Crippen molar-refractivity contribution in [3.8, 4) is 0 Å². The van der Waals surface area contributed by atoms with Crippen molar-refractivity contribution in [3.63, 3.8) is 0 Å². The van der Waals surface area contributed by atoms with Crippen LogP contribution < -0.4 is 0 Å². The molecule has 1 saturated carbocycles. The lowest BCUT2D eigenvalue weighted by Crippen LogP contribution is -2.47. The Balaban J connectivity index is 1.70. The van der Waals surface area contributed by atoms with Crippen molar-refractivity contribution in [2.24, 2.45) is 0 Å². The number of carbonyl (C=O) groups is 1. The van der Waals surface area contributed by atoms with Crippen LogP contribution in [0.15, 0.2) is 0 Å². The van der Waals surface area contributed by atoms with E-state index in [9.17, 15) is 9.90 Å². The number of hydrogen-bond donors (Lipinski definition) is 2. The molecule has 1 amide bonds. The summed E-state index contributed by atoms with van der Waals surface area (Å²) in [5.74, 6) is 1.35. The predicted octanol–water partition coefficient (Wildman–Crippen LogP) is 0.211. The van der Waals surface area contributed by atoms with Gasteiger partial charge in [0, 0.05) is 18.5 Å². The lowest BCUT2D eigenvalue weighted by atomic mass is 10.0. The zero-order valence-corrected chi connectivity index (χ0v) is 12.5. The highest BCUT2D eigenvalue weighted by Gasteiger charge is 2.32. The van der Waals surface area contributed by atoms with E-state index in [1.807, 2.05) is 0 Å². The summed E-state index contributed by atoms with van der Waals surface area (Å²) < 4.78 is 0. The van der Waals surface area contributed by atoms with Crippen molar-refractivity contribution in [2.75, 3.05) is 33.3 Å². The number of aromatic amines is 1. The Kier molecular flexibility index (Phi) is 4.21. The SMILES string of the molecule is CN1CCC(N(CCO)C(=O)c2n[nH]c(C3CC3)n2)CC1. The van der Waals surface area contributed by atoms with Gasteiger partial charge in [-0.2, -0.15) is 0 Å². The van der Waals surface area contributed by atoms with Crippen molar-refractivity contribution in [2.45, 2.75) is 37.6 Å². The smallest absolute Gasteiger partial charge is 0.293 e. The van der Waals surface area contributed by atoms with Crippen LogP contribution in [0, 0.1) is 0 Å². The van der Waals surface area contributed by atoms with E-state index < -0.39 is 0 Å². The number of nitrogens with zero attached hydrogens (tertiary/aromatic N) is 4. The van der Waals surface area contributed by atoms with Gasteiger partial charge in [-0.3, -0.25) is 9.89 Å². The highest BCUT2D eigenvalue weighted by atomic mass is 16.3. The fourth-order valence-electron chi connectivity index (χ4n) is 2.90. The summed E-state index contributed by atoms with van der Waals surface area (Å²) >= 11 is 0. The molecule has 2 aliphatic rings. The van der Waals surface area contributed by atoms with E-state index >= 15 is 0 Å².